The Labute approximate surface area is 154 Å². The first-order chi connectivity index (χ1) is 12.7. The van der Waals surface area contributed by atoms with Gasteiger partial charge in [0.25, 0.3) is 5.91 Å². The Hall–Kier alpha value is -2.53. The third-order valence-electron chi connectivity index (χ3n) is 4.32. The first-order valence-corrected chi connectivity index (χ1v) is 9.20. The summed E-state index contributed by atoms with van der Waals surface area (Å²) in [7, 11) is 0. The number of benzene rings is 2. The summed E-state index contributed by atoms with van der Waals surface area (Å²) in [6.45, 7) is 7.44. The van der Waals surface area contributed by atoms with E-state index in [-0.39, 0.29) is 5.91 Å². The van der Waals surface area contributed by atoms with Crippen molar-refractivity contribution in [2.45, 2.75) is 39.9 Å². The topological polar surface area (TPSA) is 59.6 Å². The first-order valence-electron chi connectivity index (χ1n) is 9.20. The van der Waals surface area contributed by atoms with E-state index < -0.39 is 0 Å². The minimum Gasteiger partial charge on any atom is -0.490 e. The molecule has 1 amide bonds. The summed E-state index contributed by atoms with van der Waals surface area (Å²) in [5, 5.41) is 6.31. The van der Waals surface area contributed by atoms with E-state index in [1.807, 2.05) is 6.92 Å². The molecule has 26 heavy (non-hydrogen) atoms. The van der Waals surface area contributed by atoms with Gasteiger partial charge in [-0.15, -0.1) is 0 Å². The quantitative estimate of drug-likeness (QED) is 0.763. The fraction of sp³-hybridized carbons (Fsp3) is 0.381. The van der Waals surface area contributed by atoms with Gasteiger partial charge in [-0.2, -0.15) is 0 Å². The van der Waals surface area contributed by atoms with E-state index in [1.54, 1.807) is 18.2 Å². The Bertz CT molecular complexity index is 774. The van der Waals surface area contributed by atoms with Gasteiger partial charge in [0.2, 0.25) is 0 Å². The highest BCUT2D eigenvalue weighted by Gasteiger charge is 2.13. The van der Waals surface area contributed by atoms with E-state index in [0.717, 1.165) is 25.1 Å². The average molecular weight is 354 g/mol. The van der Waals surface area contributed by atoms with Crippen LogP contribution in [0.15, 0.2) is 36.4 Å². The SMILES string of the molecule is CCCOc1ccc(C(=O)NCc2ccc3c(c2)CNC3)cc1OCC. The molecule has 0 atom stereocenters. The zero-order chi connectivity index (χ0) is 18.4. The van der Waals surface area contributed by atoms with Crippen molar-refractivity contribution in [1.82, 2.24) is 10.6 Å². The van der Waals surface area contributed by atoms with Crippen LogP contribution in [0.25, 0.3) is 0 Å². The predicted molar refractivity (Wildman–Crippen MR) is 102 cm³/mol. The molecule has 0 spiro atoms. The molecule has 2 aromatic carbocycles. The second kappa shape index (κ2) is 8.72. The molecule has 0 aliphatic carbocycles. The normalized spacial score (nSPS) is 12.5. The number of hydrogen-bond donors (Lipinski definition) is 2. The van der Waals surface area contributed by atoms with E-state index in [0.29, 0.717) is 36.8 Å². The van der Waals surface area contributed by atoms with E-state index >= 15 is 0 Å². The summed E-state index contributed by atoms with van der Waals surface area (Å²) in [5.41, 5.74) is 4.32. The highest BCUT2D eigenvalue weighted by atomic mass is 16.5. The fourth-order valence-electron chi connectivity index (χ4n) is 2.99. The van der Waals surface area contributed by atoms with Gasteiger partial charge in [0, 0.05) is 25.2 Å². The van der Waals surface area contributed by atoms with Crippen molar-refractivity contribution >= 4 is 5.91 Å². The van der Waals surface area contributed by atoms with Crippen molar-refractivity contribution in [1.29, 1.82) is 0 Å². The van der Waals surface area contributed by atoms with Crippen LogP contribution in [-0.4, -0.2) is 19.1 Å². The standard InChI is InChI=1S/C21H26N2O3/c1-3-9-26-19-8-7-16(11-20(19)25-4-2)21(24)23-12-15-5-6-17-13-22-14-18(17)10-15/h5-8,10-11,22H,3-4,9,12-14H2,1-2H3,(H,23,24). The Balaban J connectivity index is 1.66. The number of carbonyl (C=O) groups is 1. The summed E-state index contributed by atoms with van der Waals surface area (Å²) in [5.74, 6) is 1.17. The second-order valence-electron chi connectivity index (χ2n) is 6.33. The van der Waals surface area contributed by atoms with Crippen LogP contribution in [-0.2, 0) is 19.6 Å². The second-order valence-corrected chi connectivity index (χ2v) is 6.33. The van der Waals surface area contributed by atoms with Crippen LogP contribution in [0.1, 0.15) is 47.3 Å². The average Bonchev–Trinajstić information content (AvgIpc) is 3.13. The zero-order valence-electron chi connectivity index (χ0n) is 15.4. The van der Waals surface area contributed by atoms with Crippen LogP contribution in [0.5, 0.6) is 11.5 Å². The molecule has 0 bridgehead atoms. The molecule has 0 fully saturated rings. The number of carbonyl (C=O) groups excluding carboxylic acids is 1. The monoisotopic (exact) mass is 354 g/mol. The third kappa shape index (κ3) is 4.35. The van der Waals surface area contributed by atoms with Crippen LogP contribution in [0.4, 0.5) is 0 Å². The van der Waals surface area contributed by atoms with Gasteiger partial charge in [-0.25, -0.2) is 0 Å². The maximum absolute atomic E-state index is 12.5. The van der Waals surface area contributed by atoms with Crippen molar-refractivity contribution in [3.8, 4) is 11.5 Å². The molecule has 1 heterocycles. The van der Waals surface area contributed by atoms with Crippen molar-refractivity contribution in [2.75, 3.05) is 13.2 Å². The van der Waals surface area contributed by atoms with E-state index in [1.165, 1.54) is 11.1 Å². The molecule has 5 heteroatoms. The molecule has 3 rings (SSSR count). The minimum atomic E-state index is -0.119. The van der Waals surface area contributed by atoms with Crippen LogP contribution in [0.3, 0.4) is 0 Å². The molecule has 1 aliphatic heterocycles. The summed E-state index contributed by atoms with van der Waals surface area (Å²) < 4.78 is 11.3. The van der Waals surface area contributed by atoms with Gasteiger partial charge in [-0.05, 0) is 48.2 Å². The summed E-state index contributed by atoms with van der Waals surface area (Å²) in [6, 6.07) is 11.7. The minimum absolute atomic E-state index is 0.119. The first kappa shape index (κ1) is 18.3. The highest BCUT2D eigenvalue weighted by molar-refractivity contribution is 5.94. The molecule has 1 aliphatic rings. The van der Waals surface area contributed by atoms with Gasteiger partial charge in [0.1, 0.15) is 0 Å². The van der Waals surface area contributed by atoms with Gasteiger partial charge in [-0.3, -0.25) is 4.79 Å². The zero-order valence-corrected chi connectivity index (χ0v) is 15.4. The lowest BCUT2D eigenvalue weighted by Gasteiger charge is -2.13. The maximum atomic E-state index is 12.5. The van der Waals surface area contributed by atoms with Crippen LogP contribution >= 0.6 is 0 Å². The molecular weight excluding hydrogens is 328 g/mol. The summed E-state index contributed by atoms with van der Waals surface area (Å²) >= 11 is 0. The van der Waals surface area contributed by atoms with Crippen LogP contribution in [0.2, 0.25) is 0 Å². The van der Waals surface area contributed by atoms with Gasteiger partial charge in [0.15, 0.2) is 11.5 Å². The molecule has 2 N–H and O–H groups in total. The van der Waals surface area contributed by atoms with Crippen molar-refractivity contribution in [3.05, 3.63) is 58.7 Å². The van der Waals surface area contributed by atoms with Gasteiger partial charge >= 0.3 is 0 Å². The van der Waals surface area contributed by atoms with E-state index in [9.17, 15) is 4.79 Å². The number of fused-ring (bicyclic) bond motifs is 1. The van der Waals surface area contributed by atoms with Crippen molar-refractivity contribution in [2.24, 2.45) is 0 Å². The van der Waals surface area contributed by atoms with E-state index in [2.05, 4.69) is 35.8 Å². The Morgan fingerprint density at radius 3 is 2.69 bits per heavy atom. The fourth-order valence-corrected chi connectivity index (χ4v) is 2.99. The van der Waals surface area contributed by atoms with Crippen LogP contribution in [0, 0.1) is 0 Å². The molecular formula is C21H26N2O3. The molecule has 0 saturated heterocycles. The molecule has 2 aromatic rings. The largest absolute Gasteiger partial charge is 0.490 e. The molecule has 0 radical (unpaired) electrons. The molecule has 0 aromatic heterocycles. The highest BCUT2D eigenvalue weighted by Crippen LogP contribution is 2.28. The lowest BCUT2D eigenvalue weighted by atomic mass is 10.1. The number of ether oxygens (including phenoxy) is 2. The molecule has 138 valence electrons. The maximum Gasteiger partial charge on any atom is 0.251 e. The third-order valence-corrected chi connectivity index (χ3v) is 4.32. The predicted octanol–water partition coefficient (Wildman–Crippen LogP) is 3.41. The lowest BCUT2D eigenvalue weighted by molar-refractivity contribution is 0.0950. The Kier molecular flexibility index (Phi) is 6.12. The van der Waals surface area contributed by atoms with E-state index in [4.69, 9.17) is 9.47 Å². The van der Waals surface area contributed by atoms with Gasteiger partial charge in [0.05, 0.1) is 13.2 Å². The van der Waals surface area contributed by atoms with Crippen molar-refractivity contribution < 1.29 is 14.3 Å². The number of nitrogens with one attached hydrogen (secondary N) is 2. The molecule has 5 nitrogen and oxygen atoms in total. The van der Waals surface area contributed by atoms with Crippen molar-refractivity contribution in [3.63, 3.8) is 0 Å². The molecule has 0 saturated carbocycles. The molecule has 0 unspecified atom stereocenters. The summed E-state index contributed by atoms with van der Waals surface area (Å²) in [6.07, 6.45) is 0.921. The lowest BCUT2D eigenvalue weighted by Crippen LogP contribution is -2.23. The smallest absolute Gasteiger partial charge is 0.251 e. The number of rotatable bonds is 8. The Morgan fingerprint density at radius 2 is 1.88 bits per heavy atom. The van der Waals surface area contributed by atoms with Gasteiger partial charge < -0.3 is 20.1 Å². The Morgan fingerprint density at radius 1 is 1.04 bits per heavy atom. The summed E-state index contributed by atoms with van der Waals surface area (Å²) in [4.78, 5) is 12.5. The van der Waals surface area contributed by atoms with Crippen LogP contribution < -0.4 is 20.1 Å². The number of hydrogen-bond acceptors (Lipinski definition) is 4. The number of amides is 1. The van der Waals surface area contributed by atoms with Gasteiger partial charge in [-0.1, -0.05) is 25.1 Å².